The maximum absolute atomic E-state index is 5.05. The highest BCUT2D eigenvalue weighted by Crippen LogP contribution is 2.04. The maximum Gasteiger partial charge on any atom is 0.174 e. The maximum atomic E-state index is 5.05. The van der Waals surface area contributed by atoms with Gasteiger partial charge in [0.1, 0.15) is 5.84 Å². The summed E-state index contributed by atoms with van der Waals surface area (Å²) in [6.45, 7) is 1.89. The summed E-state index contributed by atoms with van der Waals surface area (Å²) < 4.78 is 0. The van der Waals surface area contributed by atoms with Crippen LogP contribution in [0.25, 0.3) is 6.08 Å². The number of aliphatic imine (C=N–C) groups is 1. The predicted octanol–water partition coefficient (Wildman–Crippen LogP) is 1.98. The first kappa shape index (κ1) is 8.97. The van der Waals surface area contributed by atoms with Gasteiger partial charge in [0, 0.05) is 0 Å². The fourth-order valence-electron chi connectivity index (χ4n) is 1.21. The quantitative estimate of drug-likeness (QED) is 0.769. The van der Waals surface area contributed by atoms with E-state index in [1.54, 1.807) is 0 Å². The Morgan fingerprint density at radius 3 is 2.71 bits per heavy atom. The van der Waals surface area contributed by atoms with Gasteiger partial charge in [0.05, 0.1) is 0 Å². The van der Waals surface area contributed by atoms with Crippen LogP contribution in [0.1, 0.15) is 12.5 Å². The van der Waals surface area contributed by atoms with Crippen molar-refractivity contribution < 1.29 is 4.84 Å². The molecule has 1 unspecified atom stereocenters. The predicted molar refractivity (Wildman–Crippen MR) is 56.6 cm³/mol. The van der Waals surface area contributed by atoms with Gasteiger partial charge in [-0.15, -0.1) is 0 Å². The molecule has 0 fully saturated rings. The summed E-state index contributed by atoms with van der Waals surface area (Å²) in [4.78, 5) is 9.25. The van der Waals surface area contributed by atoms with Gasteiger partial charge in [0.2, 0.25) is 0 Å². The number of hydrogen-bond donors (Lipinski definition) is 1. The van der Waals surface area contributed by atoms with Gasteiger partial charge in [0.15, 0.2) is 6.23 Å². The SMILES string of the molecule is CC1N=C(/C=C/c2ccccc2)NO1. The van der Waals surface area contributed by atoms with Crippen LogP contribution < -0.4 is 5.48 Å². The smallest absolute Gasteiger partial charge is 0.174 e. The molecule has 1 atom stereocenters. The van der Waals surface area contributed by atoms with Crippen molar-refractivity contribution in [2.75, 3.05) is 0 Å². The Morgan fingerprint density at radius 2 is 2.07 bits per heavy atom. The minimum atomic E-state index is -0.0922. The van der Waals surface area contributed by atoms with Crippen molar-refractivity contribution in [3.63, 3.8) is 0 Å². The van der Waals surface area contributed by atoms with E-state index in [9.17, 15) is 0 Å². The summed E-state index contributed by atoms with van der Waals surface area (Å²) in [7, 11) is 0. The Kier molecular flexibility index (Phi) is 2.60. The molecule has 0 radical (unpaired) electrons. The van der Waals surface area contributed by atoms with E-state index in [1.807, 2.05) is 49.4 Å². The first-order valence-corrected chi connectivity index (χ1v) is 4.57. The summed E-state index contributed by atoms with van der Waals surface area (Å²) in [5, 5.41) is 0. The van der Waals surface area contributed by atoms with Gasteiger partial charge in [-0.2, -0.15) is 0 Å². The molecule has 1 heterocycles. The Labute approximate surface area is 83.1 Å². The molecular weight excluding hydrogens is 176 g/mol. The summed E-state index contributed by atoms with van der Waals surface area (Å²) in [6.07, 6.45) is 3.80. The molecule has 0 amide bonds. The van der Waals surface area contributed by atoms with E-state index in [0.29, 0.717) is 0 Å². The van der Waals surface area contributed by atoms with Crippen molar-refractivity contribution in [3.8, 4) is 0 Å². The van der Waals surface area contributed by atoms with Crippen LogP contribution in [-0.2, 0) is 4.84 Å². The molecule has 0 spiro atoms. The molecule has 1 aliphatic rings. The largest absolute Gasteiger partial charge is 0.248 e. The minimum absolute atomic E-state index is 0.0922. The second-order valence-electron chi connectivity index (χ2n) is 3.08. The lowest BCUT2D eigenvalue weighted by Crippen LogP contribution is -2.15. The third-order valence-corrected chi connectivity index (χ3v) is 1.89. The highest BCUT2D eigenvalue weighted by Gasteiger charge is 2.08. The molecule has 2 rings (SSSR count). The molecule has 1 aromatic carbocycles. The van der Waals surface area contributed by atoms with E-state index in [0.717, 1.165) is 11.4 Å². The van der Waals surface area contributed by atoms with E-state index in [1.165, 1.54) is 0 Å². The van der Waals surface area contributed by atoms with Crippen molar-refractivity contribution >= 4 is 11.9 Å². The van der Waals surface area contributed by atoms with Gasteiger partial charge >= 0.3 is 0 Å². The van der Waals surface area contributed by atoms with E-state index in [2.05, 4.69) is 10.5 Å². The number of nitrogens with zero attached hydrogens (tertiary/aromatic N) is 1. The number of rotatable bonds is 2. The topological polar surface area (TPSA) is 33.6 Å². The van der Waals surface area contributed by atoms with Crippen LogP contribution in [0.15, 0.2) is 41.4 Å². The first-order valence-electron chi connectivity index (χ1n) is 4.57. The molecule has 14 heavy (non-hydrogen) atoms. The van der Waals surface area contributed by atoms with Crippen LogP contribution >= 0.6 is 0 Å². The molecule has 1 aromatic rings. The molecular formula is C11H12N2O. The van der Waals surface area contributed by atoms with Crippen LogP contribution in [0.4, 0.5) is 0 Å². The molecule has 1 aliphatic heterocycles. The Hall–Kier alpha value is -1.61. The normalized spacial score (nSPS) is 20.9. The van der Waals surface area contributed by atoms with Gasteiger partial charge in [-0.1, -0.05) is 36.4 Å². The first-order chi connectivity index (χ1) is 6.84. The Bertz CT molecular complexity index is 357. The van der Waals surface area contributed by atoms with Crippen molar-refractivity contribution in [3.05, 3.63) is 42.0 Å². The summed E-state index contributed by atoms with van der Waals surface area (Å²) in [6, 6.07) is 10.1. The van der Waals surface area contributed by atoms with E-state index in [-0.39, 0.29) is 6.23 Å². The van der Waals surface area contributed by atoms with Crippen molar-refractivity contribution in [1.82, 2.24) is 5.48 Å². The van der Waals surface area contributed by atoms with Crippen molar-refractivity contribution in [1.29, 1.82) is 0 Å². The van der Waals surface area contributed by atoms with Crippen molar-refractivity contribution in [2.45, 2.75) is 13.2 Å². The summed E-state index contributed by atoms with van der Waals surface area (Å²) in [5.41, 5.74) is 3.89. The average Bonchev–Trinajstić information content (AvgIpc) is 2.63. The molecule has 3 heteroatoms. The number of nitrogens with one attached hydrogen (secondary N) is 1. The zero-order valence-electron chi connectivity index (χ0n) is 7.97. The van der Waals surface area contributed by atoms with Gasteiger partial charge in [0.25, 0.3) is 0 Å². The standard InChI is InChI=1S/C11H12N2O/c1-9-12-11(13-14-9)8-7-10-5-3-2-4-6-10/h2-9H,1H3,(H,12,13)/b8-7+. The van der Waals surface area contributed by atoms with E-state index < -0.39 is 0 Å². The summed E-state index contributed by atoms with van der Waals surface area (Å²) >= 11 is 0. The Morgan fingerprint density at radius 1 is 1.29 bits per heavy atom. The van der Waals surface area contributed by atoms with Gasteiger partial charge in [-0.25, -0.2) is 15.3 Å². The molecule has 1 N–H and O–H groups in total. The number of amidine groups is 1. The van der Waals surface area contributed by atoms with Crippen LogP contribution in [0.3, 0.4) is 0 Å². The average molecular weight is 188 g/mol. The molecule has 0 saturated carbocycles. The second-order valence-corrected chi connectivity index (χ2v) is 3.08. The zero-order valence-corrected chi connectivity index (χ0v) is 7.97. The van der Waals surface area contributed by atoms with E-state index in [4.69, 9.17) is 4.84 Å². The third-order valence-electron chi connectivity index (χ3n) is 1.89. The lowest BCUT2D eigenvalue weighted by molar-refractivity contribution is 0.0505. The highest BCUT2D eigenvalue weighted by molar-refractivity contribution is 5.96. The van der Waals surface area contributed by atoms with Gasteiger partial charge < -0.3 is 0 Å². The fraction of sp³-hybridized carbons (Fsp3) is 0.182. The molecule has 0 bridgehead atoms. The molecule has 72 valence electrons. The van der Waals surface area contributed by atoms with Crippen LogP contribution in [0.2, 0.25) is 0 Å². The van der Waals surface area contributed by atoms with Gasteiger partial charge in [-0.3, -0.25) is 0 Å². The van der Waals surface area contributed by atoms with Gasteiger partial charge in [-0.05, 0) is 18.6 Å². The monoisotopic (exact) mass is 188 g/mol. The highest BCUT2D eigenvalue weighted by atomic mass is 16.7. The Balaban J connectivity index is 2.04. The van der Waals surface area contributed by atoms with Crippen molar-refractivity contribution in [2.24, 2.45) is 4.99 Å². The minimum Gasteiger partial charge on any atom is -0.248 e. The molecule has 3 nitrogen and oxygen atoms in total. The summed E-state index contributed by atoms with van der Waals surface area (Å²) in [5.74, 6) is 0.765. The number of hydrogen-bond acceptors (Lipinski definition) is 3. The molecule has 0 aliphatic carbocycles. The molecule has 0 saturated heterocycles. The van der Waals surface area contributed by atoms with Crippen LogP contribution in [-0.4, -0.2) is 12.1 Å². The van der Waals surface area contributed by atoms with E-state index >= 15 is 0 Å². The van der Waals surface area contributed by atoms with Crippen LogP contribution in [0, 0.1) is 0 Å². The number of benzene rings is 1. The lowest BCUT2D eigenvalue weighted by Gasteiger charge is -1.94. The molecule has 0 aromatic heterocycles. The fourth-order valence-corrected chi connectivity index (χ4v) is 1.21. The zero-order chi connectivity index (χ0) is 9.80. The lowest BCUT2D eigenvalue weighted by atomic mass is 10.2. The number of hydroxylamine groups is 1. The second kappa shape index (κ2) is 4.07. The van der Waals surface area contributed by atoms with Crippen LogP contribution in [0.5, 0.6) is 0 Å². The third kappa shape index (κ3) is 2.20.